The molecule has 2 heterocycles. The molecule has 1 aliphatic carbocycles. The summed E-state index contributed by atoms with van der Waals surface area (Å²) in [6, 6.07) is 0.905. The minimum Gasteiger partial charge on any atom is -0.316 e. The standard InChI is InChI=1S/C15H28N2/c1-15(2)6-3-4-14(5-7-15)17-10-12-8-16-9-13(12)11-17/h12-14,16H,3-11H2,1-2H3/t12-,13+,14?. The van der Waals surface area contributed by atoms with Crippen LogP contribution in [0.5, 0.6) is 0 Å². The van der Waals surface area contributed by atoms with Crippen molar-refractivity contribution in [3.05, 3.63) is 0 Å². The van der Waals surface area contributed by atoms with E-state index in [2.05, 4.69) is 24.1 Å². The van der Waals surface area contributed by atoms with Gasteiger partial charge in [0, 0.05) is 19.1 Å². The predicted octanol–water partition coefficient (Wildman–Crippen LogP) is 2.50. The van der Waals surface area contributed by atoms with Gasteiger partial charge in [-0.05, 0) is 56.0 Å². The Kier molecular flexibility index (Phi) is 3.20. The van der Waals surface area contributed by atoms with Gasteiger partial charge in [0.25, 0.3) is 0 Å². The highest BCUT2D eigenvalue weighted by Crippen LogP contribution is 2.37. The Morgan fingerprint density at radius 2 is 1.71 bits per heavy atom. The van der Waals surface area contributed by atoms with Gasteiger partial charge in [0.15, 0.2) is 0 Å². The van der Waals surface area contributed by atoms with E-state index in [4.69, 9.17) is 0 Å². The summed E-state index contributed by atoms with van der Waals surface area (Å²) in [4.78, 5) is 2.83. The molecule has 3 aliphatic rings. The second kappa shape index (κ2) is 4.55. The Morgan fingerprint density at radius 3 is 2.41 bits per heavy atom. The summed E-state index contributed by atoms with van der Waals surface area (Å²) in [7, 11) is 0. The molecular weight excluding hydrogens is 208 g/mol. The Hall–Kier alpha value is -0.0800. The van der Waals surface area contributed by atoms with E-state index in [0.29, 0.717) is 5.41 Å². The molecule has 1 unspecified atom stereocenters. The van der Waals surface area contributed by atoms with Gasteiger partial charge in [0.1, 0.15) is 0 Å². The van der Waals surface area contributed by atoms with Crippen LogP contribution in [0.4, 0.5) is 0 Å². The highest BCUT2D eigenvalue weighted by molar-refractivity contribution is 4.94. The smallest absolute Gasteiger partial charge is 0.00957 e. The predicted molar refractivity (Wildman–Crippen MR) is 72.1 cm³/mol. The number of fused-ring (bicyclic) bond motifs is 1. The fraction of sp³-hybridized carbons (Fsp3) is 1.00. The molecule has 0 amide bonds. The van der Waals surface area contributed by atoms with Crippen molar-refractivity contribution >= 4 is 0 Å². The second-order valence-electron chi connectivity index (χ2n) is 7.38. The van der Waals surface area contributed by atoms with Crippen LogP contribution in [0, 0.1) is 17.3 Å². The minimum atomic E-state index is 0.603. The molecule has 0 radical (unpaired) electrons. The zero-order valence-corrected chi connectivity index (χ0v) is 11.5. The summed E-state index contributed by atoms with van der Waals surface area (Å²) in [5, 5.41) is 3.55. The summed E-state index contributed by atoms with van der Waals surface area (Å²) < 4.78 is 0. The monoisotopic (exact) mass is 236 g/mol. The number of nitrogens with zero attached hydrogens (tertiary/aromatic N) is 1. The lowest BCUT2D eigenvalue weighted by Gasteiger charge is -2.28. The summed E-state index contributed by atoms with van der Waals surface area (Å²) in [5.74, 6) is 1.93. The molecule has 3 fully saturated rings. The molecule has 3 atom stereocenters. The molecule has 0 aromatic rings. The molecule has 0 aromatic heterocycles. The third kappa shape index (κ3) is 2.53. The molecule has 3 rings (SSSR count). The number of hydrogen-bond donors (Lipinski definition) is 1. The van der Waals surface area contributed by atoms with Crippen LogP contribution >= 0.6 is 0 Å². The second-order valence-corrected chi connectivity index (χ2v) is 7.38. The molecule has 2 saturated heterocycles. The van der Waals surface area contributed by atoms with Crippen LogP contribution in [-0.2, 0) is 0 Å². The summed E-state index contributed by atoms with van der Waals surface area (Å²) in [5.41, 5.74) is 0.603. The summed E-state index contributed by atoms with van der Waals surface area (Å²) in [6.45, 7) is 10.2. The first-order chi connectivity index (χ1) is 8.14. The van der Waals surface area contributed by atoms with Crippen LogP contribution in [0.2, 0.25) is 0 Å². The SMILES string of the molecule is CC1(C)CCCC(N2C[C@H]3CNC[C@H]3C2)CC1. The van der Waals surface area contributed by atoms with E-state index < -0.39 is 0 Å². The maximum absolute atomic E-state index is 3.55. The van der Waals surface area contributed by atoms with Crippen molar-refractivity contribution in [3.63, 3.8) is 0 Å². The number of hydrogen-bond acceptors (Lipinski definition) is 2. The molecule has 1 saturated carbocycles. The van der Waals surface area contributed by atoms with E-state index in [0.717, 1.165) is 17.9 Å². The molecule has 2 heteroatoms. The van der Waals surface area contributed by atoms with Gasteiger partial charge in [-0.2, -0.15) is 0 Å². The maximum Gasteiger partial charge on any atom is 0.00957 e. The van der Waals surface area contributed by atoms with Gasteiger partial charge in [-0.3, -0.25) is 4.90 Å². The molecule has 2 aliphatic heterocycles. The number of likely N-dealkylation sites (tertiary alicyclic amines) is 1. The molecule has 98 valence electrons. The molecule has 17 heavy (non-hydrogen) atoms. The van der Waals surface area contributed by atoms with Crippen molar-refractivity contribution in [3.8, 4) is 0 Å². The highest BCUT2D eigenvalue weighted by atomic mass is 15.2. The molecule has 0 aromatic carbocycles. The average molecular weight is 236 g/mol. The van der Waals surface area contributed by atoms with Gasteiger partial charge in [-0.15, -0.1) is 0 Å². The van der Waals surface area contributed by atoms with E-state index in [9.17, 15) is 0 Å². The van der Waals surface area contributed by atoms with Crippen molar-refractivity contribution < 1.29 is 0 Å². The fourth-order valence-corrected chi connectivity index (χ4v) is 4.20. The molecule has 2 nitrogen and oxygen atoms in total. The van der Waals surface area contributed by atoms with E-state index in [1.807, 2.05) is 0 Å². The van der Waals surface area contributed by atoms with Crippen LogP contribution in [0.25, 0.3) is 0 Å². The zero-order valence-electron chi connectivity index (χ0n) is 11.5. The first-order valence-electron chi connectivity index (χ1n) is 7.59. The van der Waals surface area contributed by atoms with Gasteiger partial charge < -0.3 is 5.32 Å². The quantitative estimate of drug-likeness (QED) is 0.704. The topological polar surface area (TPSA) is 15.3 Å². The largest absolute Gasteiger partial charge is 0.316 e. The molecular formula is C15H28N2. The van der Waals surface area contributed by atoms with Crippen LogP contribution in [0.15, 0.2) is 0 Å². The van der Waals surface area contributed by atoms with E-state index in [1.54, 1.807) is 0 Å². The summed E-state index contributed by atoms with van der Waals surface area (Å²) >= 11 is 0. The van der Waals surface area contributed by atoms with E-state index >= 15 is 0 Å². The molecule has 1 N–H and O–H groups in total. The van der Waals surface area contributed by atoms with Gasteiger partial charge in [-0.1, -0.05) is 20.3 Å². The van der Waals surface area contributed by atoms with Crippen LogP contribution in [0.1, 0.15) is 46.0 Å². The van der Waals surface area contributed by atoms with Crippen LogP contribution in [-0.4, -0.2) is 37.1 Å². The molecule has 0 spiro atoms. The third-order valence-electron chi connectivity index (χ3n) is 5.48. The Labute approximate surface area is 106 Å². The summed E-state index contributed by atoms with van der Waals surface area (Å²) in [6.07, 6.45) is 7.21. The lowest BCUT2D eigenvalue weighted by atomic mass is 9.85. The first kappa shape index (κ1) is 12.0. The van der Waals surface area contributed by atoms with Crippen molar-refractivity contribution in [2.24, 2.45) is 17.3 Å². The Balaban J connectivity index is 1.58. The average Bonchev–Trinajstić information content (AvgIpc) is 2.78. The van der Waals surface area contributed by atoms with Crippen molar-refractivity contribution in [2.45, 2.75) is 52.0 Å². The number of nitrogens with one attached hydrogen (secondary N) is 1. The van der Waals surface area contributed by atoms with Crippen LogP contribution < -0.4 is 5.32 Å². The lowest BCUT2D eigenvalue weighted by molar-refractivity contribution is 0.200. The zero-order chi connectivity index (χ0) is 11.9. The first-order valence-corrected chi connectivity index (χ1v) is 7.59. The van der Waals surface area contributed by atoms with Gasteiger partial charge in [0.2, 0.25) is 0 Å². The number of rotatable bonds is 1. The van der Waals surface area contributed by atoms with Crippen molar-refractivity contribution in [1.29, 1.82) is 0 Å². The Bertz CT molecular complexity index is 262. The van der Waals surface area contributed by atoms with Crippen molar-refractivity contribution in [1.82, 2.24) is 10.2 Å². The van der Waals surface area contributed by atoms with E-state index in [1.165, 1.54) is 58.3 Å². The normalized spacial score (nSPS) is 42.4. The van der Waals surface area contributed by atoms with Gasteiger partial charge in [-0.25, -0.2) is 0 Å². The lowest BCUT2D eigenvalue weighted by Crippen LogP contribution is -2.35. The van der Waals surface area contributed by atoms with Gasteiger partial charge in [0.05, 0.1) is 0 Å². The Morgan fingerprint density at radius 1 is 1.00 bits per heavy atom. The van der Waals surface area contributed by atoms with E-state index in [-0.39, 0.29) is 0 Å². The molecule has 0 bridgehead atoms. The van der Waals surface area contributed by atoms with Crippen molar-refractivity contribution in [2.75, 3.05) is 26.2 Å². The fourth-order valence-electron chi connectivity index (χ4n) is 4.20. The highest BCUT2D eigenvalue weighted by Gasteiger charge is 2.39. The van der Waals surface area contributed by atoms with Gasteiger partial charge >= 0.3 is 0 Å². The minimum absolute atomic E-state index is 0.603. The maximum atomic E-state index is 3.55. The van der Waals surface area contributed by atoms with Crippen LogP contribution in [0.3, 0.4) is 0 Å². The third-order valence-corrected chi connectivity index (χ3v) is 5.48.